The molecule has 5 nitrogen and oxygen atoms in total. The summed E-state index contributed by atoms with van der Waals surface area (Å²) in [5, 5.41) is 12.1. The molecule has 0 radical (unpaired) electrons. The Morgan fingerprint density at radius 1 is 1.25 bits per heavy atom. The highest BCUT2D eigenvalue weighted by molar-refractivity contribution is 5.36. The second-order valence-electron chi connectivity index (χ2n) is 5.67. The standard InChI is InChI=1S/C15H22N4O/c1-11-9-13(10-12(2)20-11)16-7-6-15-18-17-14-5-3-4-8-19(14)15/h3-5,8,11-13,16H,6-7,9-10H2,1-2H3. The van der Waals surface area contributed by atoms with Crippen molar-refractivity contribution in [2.45, 2.75) is 51.4 Å². The monoisotopic (exact) mass is 274 g/mol. The molecule has 0 aliphatic carbocycles. The van der Waals surface area contributed by atoms with Crippen LogP contribution in [-0.2, 0) is 11.2 Å². The number of rotatable bonds is 4. The fourth-order valence-electron chi connectivity index (χ4n) is 3.02. The van der Waals surface area contributed by atoms with Crippen molar-refractivity contribution in [3.05, 3.63) is 30.2 Å². The van der Waals surface area contributed by atoms with Gasteiger partial charge >= 0.3 is 0 Å². The summed E-state index contributed by atoms with van der Waals surface area (Å²) in [5.41, 5.74) is 0.913. The van der Waals surface area contributed by atoms with Crippen molar-refractivity contribution in [3.63, 3.8) is 0 Å². The molecule has 1 fully saturated rings. The van der Waals surface area contributed by atoms with E-state index >= 15 is 0 Å². The number of aromatic nitrogens is 3. The van der Waals surface area contributed by atoms with E-state index in [4.69, 9.17) is 4.74 Å². The van der Waals surface area contributed by atoms with E-state index in [0.717, 1.165) is 37.3 Å². The van der Waals surface area contributed by atoms with E-state index < -0.39 is 0 Å². The fourth-order valence-corrected chi connectivity index (χ4v) is 3.02. The molecule has 1 saturated heterocycles. The summed E-state index contributed by atoms with van der Waals surface area (Å²) in [4.78, 5) is 0. The third-order valence-corrected chi connectivity index (χ3v) is 3.86. The smallest absolute Gasteiger partial charge is 0.160 e. The lowest BCUT2D eigenvalue weighted by Gasteiger charge is -2.32. The second-order valence-corrected chi connectivity index (χ2v) is 5.67. The molecule has 2 atom stereocenters. The molecule has 1 N–H and O–H groups in total. The lowest BCUT2D eigenvalue weighted by Crippen LogP contribution is -2.42. The van der Waals surface area contributed by atoms with Crippen molar-refractivity contribution < 1.29 is 4.74 Å². The summed E-state index contributed by atoms with van der Waals surface area (Å²) in [6, 6.07) is 6.52. The molecule has 0 bridgehead atoms. The maximum Gasteiger partial charge on any atom is 0.160 e. The van der Waals surface area contributed by atoms with Gasteiger partial charge in [0.05, 0.1) is 12.2 Å². The summed E-state index contributed by atoms with van der Waals surface area (Å²) in [6.45, 7) is 5.23. The van der Waals surface area contributed by atoms with Crippen LogP contribution in [0.15, 0.2) is 24.4 Å². The van der Waals surface area contributed by atoms with Gasteiger partial charge in [0.15, 0.2) is 5.65 Å². The van der Waals surface area contributed by atoms with Gasteiger partial charge in [0, 0.05) is 25.2 Å². The van der Waals surface area contributed by atoms with Crippen LogP contribution in [0.5, 0.6) is 0 Å². The van der Waals surface area contributed by atoms with E-state index in [1.165, 1.54) is 0 Å². The van der Waals surface area contributed by atoms with E-state index in [0.29, 0.717) is 18.2 Å². The summed E-state index contributed by atoms with van der Waals surface area (Å²) >= 11 is 0. The van der Waals surface area contributed by atoms with E-state index in [1.54, 1.807) is 0 Å². The van der Waals surface area contributed by atoms with Gasteiger partial charge < -0.3 is 10.1 Å². The van der Waals surface area contributed by atoms with Crippen LogP contribution >= 0.6 is 0 Å². The normalized spacial score (nSPS) is 27.0. The van der Waals surface area contributed by atoms with Crippen molar-refractivity contribution in [3.8, 4) is 0 Å². The molecule has 1 aliphatic heterocycles. The van der Waals surface area contributed by atoms with Crippen LogP contribution in [0.2, 0.25) is 0 Å². The Hall–Kier alpha value is -1.46. The first kappa shape index (κ1) is 13.5. The van der Waals surface area contributed by atoms with Crippen molar-refractivity contribution >= 4 is 5.65 Å². The number of fused-ring (bicyclic) bond motifs is 1. The van der Waals surface area contributed by atoms with Crippen molar-refractivity contribution in [2.75, 3.05) is 6.54 Å². The van der Waals surface area contributed by atoms with Crippen LogP contribution in [0, 0.1) is 0 Å². The third-order valence-electron chi connectivity index (χ3n) is 3.86. The van der Waals surface area contributed by atoms with Gasteiger partial charge in [0.25, 0.3) is 0 Å². The Bertz CT molecular complexity index is 558. The number of ether oxygens (including phenoxy) is 1. The predicted molar refractivity (Wildman–Crippen MR) is 77.7 cm³/mol. The molecular formula is C15H22N4O. The zero-order chi connectivity index (χ0) is 13.9. The number of hydrogen-bond donors (Lipinski definition) is 1. The van der Waals surface area contributed by atoms with Crippen LogP contribution in [0.3, 0.4) is 0 Å². The molecule has 1 aliphatic rings. The van der Waals surface area contributed by atoms with Crippen LogP contribution < -0.4 is 5.32 Å². The Labute approximate surface area is 119 Å². The van der Waals surface area contributed by atoms with Gasteiger partial charge in [-0.05, 0) is 38.8 Å². The highest BCUT2D eigenvalue weighted by Gasteiger charge is 2.23. The number of nitrogens with zero attached hydrogens (tertiary/aromatic N) is 3. The maximum absolute atomic E-state index is 5.76. The van der Waals surface area contributed by atoms with Gasteiger partial charge in [-0.15, -0.1) is 10.2 Å². The van der Waals surface area contributed by atoms with Gasteiger partial charge in [0.1, 0.15) is 5.82 Å². The maximum atomic E-state index is 5.76. The second kappa shape index (κ2) is 5.89. The van der Waals surface area contributed by atoms with Crippen LogP contribution in [0.1, 0.15) is 32.5 Å². The van der Waals surface area contributed by atoms with Crippen LogP contribution in [0.4, 0.5) is 0 Å². The first-order valence-corrected chi connectivity index (χ1v) is 7.40. The molecule has 0 saturated carbocycles. The SMILES string of the molecule is CC1CC(NCCc2nnc3ccccn23)CC(C)O1. The quantitative estimate of drug-likeness (QED) is 0.924. The lowest BCUT2D eigenvalue weighted by atomic mass is 10.00. The summed E-state index contributed by atoms with van der Waals surface area (Å²) in [7, 11) is 0. The Balaban J connectivity index is 1.55. The van der Waals surface area contributed by atoms with Crippen LogP contribution in [0.25, 0.3) is 5.65 Å². The fraction of sp³-hybridized carbons (Fsp3) is 0.600. The largest absolute Gasteiger partial charge is 0.375 e. The minimum atomic E-state index is 0.352. The molecule has 2 aromatic heterocycles. The molecular weight excluding hydrogens is 252 g/mol. The van der Waals surface area contributed by atoms with E-state index in [2.05, 4.69) is 33.8 Å². The number of pyridine rings is 1. The zero-order valence-electron chi connectivity index (χ0n) is 12.1. The Kier molecular flexibility index (Phi) is 3.98. The molecule has 108 valence electrons. The van der Waals surface area contributed by atoms with Crippen molar-refractivity contribution in [2.24, 2.45) is 0 Å². The Morgan fingerprint density at radius 3 is 2.85 bits per heavy atom. The molecule has 2 unspecified atom stereocenters. The molecule has 3 heterocycles. The molecule has 5 heteroatoms. The molecule has 20 heavy (non-hydrogen) atoms. The Morgan fingerprint density at radius 2 is 2.05 bits per heavy atom. The third kappa shape index (κ3) is 2.99. The first-order valence-electron chi connectivity index (χ1n) is 7.40. The average molecular weight is 274 g/mol. The molecule has 3 rings (SSSR count). The van der Waals surface area contributed by atoms with Gasteiger partial charge in [-0.25, -0.2) is 0 Å². The molecule has 0 aromatic carbocycles. The minimum absolute atomic E-state index is 0.352. The summed E-state index contributed by atoms with van der Waals surface area (Å²) in [5.74, 6) is 1.02. The van der Waals surface area contributed by atoms with Crippen molar-refractivity contribution in [1.82, 2.24) is 19.9 Å². The molecule has 2 aromatic rings. The van der Waals surface area contributed by atoms with Gasteiger partial charge in [0.2, 0.25) is 0 Å². The van der Waals surface area contributed by atoms with Gasteiger partial charge in [-0.3, -0.25) is 4.40 Å². The number of nitrogens with one attached hydrogen (secondary N) is 1. The molecule has 0 amide bonds. The first-order chi connectivity index (χ1) is 9.72. The number of hydrogen-bond acceptors (Lipinski definition) is 4. The molecule has 0 spiro atoms. The van der Waals surface area contributed by atoms with E-state index in [-0.39, 0.29) is 0 Å². The predicted octanol–water partition coefficient (Wildman–Crippen LogP) is 1.82. The topological polar surface area (TPSA) is 51.5 Å². The van der Waals surface area contributed by atoms with Gasteiger partial charge in [-0.2, -0.15) is 0 Å². The van der Waals surface area contributed by atoms with Crippen molar-refractivity contribution in [1.29, 1.82) is 0 Å². The van der Waals surface area contributed by atoms with Gasteiger partial charge in [-0.1, -0.05) is 6.07 Å². The zero-order valence-corrected chi connectivity index (χ0v) is 12.1. The summed E-state index contributed by atoms with van der Waals surface area (Å²) < 4.78 is 7.81. The lowest BCUT2D eigenvalue weighted by molar-refractivity contribution is -0.0419. The van der Waals surface area contributed by atoms with E-state index in [9.17, 15) is 0 Å². The summed E-state index contributed by atoms with van der Waals surface area (Å²) in [6.07, 6.45) is 5.79. The highest BCUT2D eigenvalue weighted by atomic mass is 16.5. The minimum Gasteiger partial charge on any atom is -0.375 e. The highest BCUT2D eigenvalue weighted by Crippen LogP contribution is 2.18. The van der Waals surface area contributed by atoms with Crippen LogP contribution in [-0.4, -0.2) is 39.4 Å². The van der Waals surface area contributed by atoms with E-state index in [1.807, 2.05) is 24.4 Å². The average Bonchev–Trinajstić information content (AvgIpc) is 2.81.